The van der Waals surface area contributed by atoms with E-state index in [2.05, 4.69) is 4.37 Å². The van der Waals surface area contributed by atoms with Gasteiger partial charge in [-0.2, -0.15) is 0 Å². The van der Waals surface area contributed by atoms with Crippen molar-refractivity contribution in [3.8, 4) is 0 Å². The highest BCUT2D eigenvalue weighted by Crippen LogP contribution is 2.26. The van der Waals surface area contributed by atoms with E-state index in [1.807, 2.05) is 0 Å². The Labute approximate surface area is 44.0 Å². The quantitative estimate of drug-likeness (QED) is 0.525. The fourth-order valence-electron chi connectivity index (χ4n) is 0.591. The number of H-pyrrole nitrogens is 1. The molecule has 2 nitrogen and oxygen atoms in total. The van der Waals surface area contributed by atoms with Crippen LogP contribution in [0.5, 0.6) is 0 Å². The van der Waals surface area contributed by atoms with Gasteiger partial charge in [-0.05, 0) is 0 Å². The van der Waals surface area contributed by atoms with Crippen LogP contribution in [0.3, 0.4) is 0 Å². The fraction of sp³-hybridized carbons (Fsp3) is 0.250. The standard InChI is InChI=1S/C4H3NOS/c6-4-2-1-3(2)7-5-4/h1H2,(H,5,6). The summed E-state index contributed by atoms with van der Waals surface area (Å²) in [6, 6.07) is 0. The summed E-state index contributed by atoms with van der Waals surface area (Å²) in [4.78, 5) is 11.7. The molecule has 0 spiro atoms. The van der Waals surface area contributed by atoms with Gasteiger partial charge in [-0.3, -0.25) is 9.17 Å². The van der Waals surface area contributed by atoms with Gasteiger partial charge < -0.3 is 0 Å². The molecule has 1 heterocycles. The Morgan fingerprint density at radius 2 is 2.57 bits per heavy atom. The van der Waals surface area contributed by atoms with E-state index in [0.29, 0.717) is 0 Å². The normalized spacial score (nSPS) is 13.7. The first-order valence-corrected chi connectivity index (χ1v) is 2.89. The molecule has 0 unspecified atom stereocenters. The van der Waals surface area contributed by atoms with Gasteiger partial charge in [0.05, 0.1) is 0 Å². The number of fused-ring (bicyclic) bond motifs is 1. The molecule has 7 heavy (non-hydrogen) atoms. The molecule has 0 aromatic carbocycles. The van der Waals surface area contributed by atoms with E-state index in [0.717, 1.165) is 12.0 Å². The summed E-state index contributed by atoms with van der Waals surface area (Å²) < 4.78 is 2.62. The maximum absolute atomic E-state index is 10.4. The van der Waals surface area contributed by atoms with Crippen molar-refractivity contribution in [1.29, 1.82) is 0 Å². The van der Waals surface area contributed by atoms with E-state index in [-0.39, 0.29) is 5.56 Å². The molecule has 0 atom stereocenters. The Kier molecular flexibility index (Phi) is 0.400. The van der Waals surface area contributed by atoms with Crippen LogP contribution in [0.4, 0.5) is 0 Å². The van der Waals surface area contributed by atoms with Gasteiger partial charge in [0.1, 0.15) is 0 Å². The van der Waals surface area contributed by atoms with Crippen LogP contribution in [-0.4, -0.2) is 4.37 Å². The first kappa shape index (κ1) is 3.43. The molecule has 0 saturated heterocycles. The van der Waals surface area contributed by atoms with Gasteiger partial charge in [0.2, 0.25) is 0 Å². The molecular weight excluding hydrogens is 110 g/mol. The zero-order chi connectivity index (χ0) is 4.85. The Balaban J connectivity index is 3.00. The van der Waals surface area contributed by atoms with Crippen molar-refractivity contribution >= 4 is 11.5 Å². The SMILES string of the molecule is O=c1[nH]sc2c1C2. The molecular formula is C4H3NOS. The van der Waals surface area contributed by atoms with Crippen molar-refractivity contribution in [3.05, 3.63) is 20.8 Å². The Hall–Kier alpha value is -0.570. The lowest BCUT2D eigenvalue weighted by molar-refractivity contribution is 1.36. The maximum atomic E-state index is 10.4. The molecule has 1 aromatic heterocycles. The molecule has 0 bridgehead atoms. The number of hydrogen-bond acceptors (Lipinski definition) is 2. The van der Waals surface area contributed by atoms with Crippen LogP contribution in [0.1, 0.15) is 10.4 Å². The molecule has 3 heteroatoms. The lowest BCUT2D eigenvalue weighted by atomic mass is 10.6. The second-order valence-corrected chi connectivity index (χ2v) is 2.51. The summed E-state index contributed by atoms with van der Waals surface area (Å²) in [6.07, 6.45) is 0.955. The molecule has 0 fully saturated rings. The van der Waals surface area contributed by atoms with Gasteiger partial charge in [0, 0.05) is 16.9 Å². The zero-order valence-electron chi connectivity index (χ0n) is 3.52. The molecule has 1 aromatic rings. The van der Waals surface area contributed by atoms with E-state index < -0.39 is 0 Å². The Bertz CT molecular complexity index is 246. The van der Waals surface area contributed by atoms with Crippen LogP contribution in [0.25, 0.3) is 0 Å². The van der Waals surface area contributed by atoms with E-state index in [1.54, 1.807) is 0 Å². The molecule has 36 valence electrons. The van der Waals surface area contributed by atoms with Crippen LogP contribution in [0.2, 0.25) is 0 Å². The van der Waals surface area contributed by atoms with Gasteiger partial charge in [-0.1, -0.05) is 11.5 Å². The monoisotopic (exact) mass is 113 g/mol. The van der Waals surface area contributed by atoms with Crippen LogP contribution in [-0.2, 0) is 6.42 Å². The van der Waals surface area contributed by atoms with Crippen molar-refractivity contribution in [3.63, 3.8) is 0 Å². The third-order valence-electron chi connectivity index (χ3n) is 1.09. The number of rotatable bonds is 0. The zero-order valence-corrected chi connectivity index (χ0v) is 4.34. The second-order valence-electron chi connectivity index (χ2n) is 1.61. The molecule has 0 amide bonds. The molecule has 0 saturated carbocycles. The highest BCUT2D eigenvalue weighted by atomic mass is 32.1. The molecule has 2 rings (SSSR count). The third-order valence-corrected chi connectivity index (χ3v) is 2.01. The van der Waals surface area contributed by atoms with Crippen molar-refractivity contribution in [1.82, 2.24) is 4.37 Å². The molecule has 1 aliphatic rings. The smallest absolute Gasteiger partial charge is 0.261 e. The summed E-state index contributed by atoms with van der Waals surface area (Å²) >= 11 is 1.46. The van der Waals surface area contributed by atoms with Crippen molar-refractivity contribution in [2.45, 2.75) is 6.42 Å². The van der Waals surface area contributed by atoms with Gasteiger partial charge >= 0.3 is 0 Å². The first-order chi connectivity index (χ1) is 3.38. The van der Waals surface area contributed by atoms with Crippen LogP contribution in [0.15, 0.2) is 4.79 Å². The average molecular weight is 113 g/mol. The third kappa shape index (κ3) is 0.307. The average Bonchev–Trinajstić information content (AvgIpc) is 2.33. The van der Waals surface area contributed by atoms with E-state index in [1.165, 1.54) is 16.4 Å². The summed E-state index contributed by atoms with van der Waals surface area (Å²) in [6.45, 7) is 0. The van der Waals surface area contributed by atoms with Crippen molar-refractivity contribution < 1.29 is 0 Å². The lowest BCUT2D eigenvalue weighted by Gasteiger charge is -1.62. The molecule has 1 N–H and O–H groups in total. The largest absolute Gasteiger partial charge is 0.277 e. The molecule has 0 radical (unpaired) electrons. The van der Waals surface area contributed by atoms with Crippen LogP contribution < -0.4 is 5.56 Å². The van der Waals surface area contributed by atoms with E-state index >= 15 is 0 Å². The highest BCUT2D eigenvalue weighted by molar-refractivity contribution is 7.06. The minimum atomic E-state index is 0.125. The summed E-state index contributed by atoms with van der Waals surface area (Å²) in [7, 11) is 0. The number of hydrogen-bond donors (Lipinski definition) is 1. The molecule has 1 aliphatic carbocycles. The van der Waals surface area contributed by atoms with Gasteiger partial charge in [-0.15, -0.1) is 0 Å². The van der Waals surface area contributed by atoms with Gasteiger partial charge in [0.25, 0.3) is 5.56 Å². The predicted molar refractivity (Wildman–Crippen MR) is 27.7 cm³/mol. The minimum absolute atomic E-state index is 0.125. The number of nitrogens with one attached hydrogen (secondary N) is 1. The fourth-order valence-corrected chi connectivity index (χ4v) is 1.36. The highest BCUT2D eigenvalue weighted by Gasteiger charge is 2.22. The number of aromatic amines is 1. The predicted octanol–water partition coefficient (Wildman–Crippen LogP) is 0.341. The van der Waals surface area contributed by atoms with E-state index in [9.17, 15) is 4.79 Å². The Morgan fingerprint density at radius 1 is 1.71 bits per heavy atom. The van der Waals surface area contributed by atoms with Crippen LogP contribution in [0, 0.1) is 0 Å². The number of aromatic nitrogens is 1. The first-order valence-electron chi connectivity index (χ1n) is 2.07. The lowest BCUT2D eigenvalue weighted by Crippen LogP contribution is -1.96. The summed E-state index contributed by atoms with van der Waals surface area (Å²) in [5.41, 5.74) is 1.13. The van der Waals surface area contributed by atoms with Crippen molar-refractivity contribution in [2.75, 3.05) is 0 Å². The summed E-state index contributed by atoms with van der Waals surface area (Å²) in [5.74, 6) is 0. The topological polar surface area (TPSA) is 32.9 Å². The van der Waals surface area contributed by atoms with Crippen molar-refractivity contribution in [2.24, 2.45) is 0 Å². The maximum Gasteiger partial charge on any atom is 0.261 e. The van der Waals surface area contributed by atoms with Crippen LogP contribution >= 0.6 is 11.5 Å². The summed E-state index contributed by atoms with van der Waals surface area (Å²) in [5, 5.41) is 0. The van der Waals surface area contributed by atoms with Gasteiger partial charge in [-0.25, -0.2) is 0 Å². The van der Waals surface area contributed by atoms with Gasteiger partial charge in [0.15, 0.2) is 0 Å². The second kappa shape index (κ2) is 0.816. The minimum Gasteiger partial charge on any atom is -0.277 e. The Morgan fingerprint density at radius 3 is 2.71 bits per heavy atom. The molecule has 0 aliphatic heterocycles. The van der Waals surface area contributed by atoms with E-state index in [4.69, 9.17) is 0 Å².